The average Bonchev–Trinajstić information content (AvgIpc) is 2.58. The maximum Gasteiger partial charge on any atom is 0.456 e. The molecule has 1 heterocycles. The third-order valence-electron chi connectivity index (χ3n) is 3.36. The number of carbonyl (C=O) groups is 1. The molecule has 4 nitrogen and oxygen atoms in total. The molecule has 0 saturated carbocycles. The van der Waals surface area contributed by atoms with Crippen molar-refractivity contribution in [3.8, 4) is 5.88 Å². The van der Waals surface area contributed by atoms with Crippen LogP contribution in [0.3, 0.4) is 0 Å². The standard InChI is InChI=1S/C17H14F6N2O2/c18-13-3-1-2-11(6-13)7-14(26)25-9-12-4-5-24-15(8-12)27-10-16(19,20)17(21,22)23/h1-6,8H,7,9-10H2,(H,25,26). The number of nitrogens with zero attached hydrogens (tertiary/aromatic N) is 1. The zero-order chi connectivity index (χ0) is 20.1. The van der Waals surface area contributed by atoms with Gasteiger partial charge in [0.1, 0.15) is 5.82 Å². The van der Waals surface area contributed by atoms with E-state index in [9.17, 15) is 31.1 Å². The Balaban J connectivity index is 1.89. The number of carbonyl (C=O) groups excluding carboxylic acids is 1. The molecule has 1 aromatic carbocycles. The first-order chi connectivity index (χ1) is 12.6. The maximum atomic E-state index is 13.1. The topological polar surface area (TPSA) is 51.2 Å². The van der Waals surface area contributed by atoms with Crippen molar-refractivity contribution >= 4 is 5.91 Å². The smallest absolute Gasteiger partial charge is 0.456 e. The van der Waals surface area contributed by atoms with Crippen molar-refractivity contribution < 1.29 is 35.9 Å². The Morgan fingerprint density at radius 2 is 1.81 bits per heavy atom. The summed E-state index contributed by atoms with van der Waals surface area (Å²) in [4.78, 5) is 15.4. The number of amides is 1. The van der Waals surface area contributed by atoms with Gasteiger partial charge < -0.3 is 10.1 Å². The van der Waals surface area contributed by atoms with Gasteiger partial charge in [0.05, 0.1) is 6.42 Å². The van der Waals surface area contributed by atoms with E-state index >= 15 is 0 Å². The van der Waals surface area contributed by atoms with Gasteiger partial charge in [-0.2, -0.15) is 22.0 Å². The summed E-state index contributed by atoms with van der Waals surface area (Å²) in [6.45, 7) is -1.94. The fraction of sp³-hybridized carbons (Fsp3) is 0.294. The van der Waals surface area contributed by atoms with Crippen molar-refractivity contribution in [1.82, 2.24) is 10.3 Å². The number of alkyl halides is 5. The molecular weight excluding hydrogens is 378 g/mol. The summed E-state index contributed by atoms with van der Waals surface area (Å²) >= 11 is 0. The molecule has 1 aromatic heterocycles. The van der Waals surface area contributed by atoms with Gasteiger partial charge in [0.25, 0.3) is 0 Å². The Morgan fingerprint density at radius 1 is 1.07 bits per heavy atom. The largest absolute Gasteiger partial charge is 0.471 e. The molecule has 146 valence electrons. The first-order valence-corrected chi connectivity index (χ1v) is 7.60. The molecule has 0 aliphatic rings. The Labute approximate surface area is 150 Å². The van der Waals surface area contributed by atoms with Crippen LogP contribution in [0.2, 0.25) is 0 Å². The van der Waals surface area contributed by atoms with Crippen molar-refractivity contribution in [3.05, 3.63) is 59.5 Å². The number of benzene rings is 1. The number of ether oxygens (including phenoxy) is 1. The SMILES string of the molecule is O=C(Cc1cccc(F)c1)NCc1ccnc(OCC(F)(F)C(F)(F)F)c1. The van der Waals surface area contributed by atoms with Crippen molar-refractivity contribution in [1.29, 1.82) is 0 Å². The molecule has 0 saturated heterocycles. The van der Waals surface area contributed by atoms with E-state index in [1.807, 2.05) is 0 Å². The molecule has 1 N–H and O–H groups in total. The summed E-state index contributed by atoms with van der Waals surface area (Å²) < 4.78 is 79.5. The number of halogens is 6. The second-order valence-electron chi connectivity index (χ2n) is 5.58. The van der Waals surface area contributed by atoms with Crippen LogP contribution in [0.15, 0.2) is 42.6 Å². The normalized spacial score (nSPS) is 11.9. The molecule has 0 aliphatic heterocycles. The molecule has 27 heavy (non-hydrogen) atoms. The minimum Gasteiger partial charge on any atom is -0.471 e. The molecule has 0 bridgehead atoms. The van der Waals surface area contributed by atoms with Crippen molar-refractivity contribution in [3.63, 3.8) is 0 Å². The molecule has 0 atom stereocenters. The van der Waals surface area contributed by atoms with Crippen LogP contribution in [0.4, 0.5) is 26.3 Å². The fourth-order valence-corrected chi connectivity index (χ4v) is 1.98. The Morgan fingerprint density at radius 3 is 2.48 bits per heavy atom. The molecular formula is C17H14F6N2O2. The maximum absolute atomic E-state index is 13.1. The summed E-state index contributed by atoms with van der Waals surface area (Å²) in [6.07, 6.45) is -4.66. The Hall–Kier alpha value is -2.78. The summed E-state index contributed by atoms with van der Waals surface area (Å²) in [5.41, 5.74) is 0.837. The van der Waals surface area contributed by atoms with Crippen LogP contribution in [0.5, 0.6) is 5.88 Å². The zero-order valence-electron chi connectivity index (χ0n) is 13.7. The van der Waals surface area contributed by atoms with Crippen LogP contribution in [0.25, 0.3) is 0 Å². The number of pyridine rings is 1. The second-order valence-corrected chi connectivity index (χ2v) is 5.58. The van der Waals surface area contributed by atoms with Crippen molar-refractivity contribution in [2.75, 3.05) is 6.61 Å². The number of hydrogen-bond acceptors (Lipinski definition) is 3. The Kier molecular flexibility index (Phi) is 6.29. The Bertz CT molecular complexity index is 795. The minimum absolute atomic E-state index is 0.0390. The zero-order valence-corrected chi connectivity index (χ0v) is 13.7. The van der Waals surface area contributed by atoms with E-state index in [1.165, 1.54) is 24.3 Å². The van der Waals surface area contributed by atoms with Gasteiger partial charge in [-0.25, -0.2) is 9.37 Å². The van der Waals surface area contributed by atoms with Crippen molar-refractivity contribution in [2.24, 2.45) is 0 Å². The monoisotopic (exact) mass is 392 g/mol. The van der Waals surface area contributed by atoms with E-state index in [-0.39, 0.29) is 13.0 Å². The van der Waals surface area contributed by atoms with E-state index in [1.54, 1.807) is 6.07 Å². The van der Waals surface area contributed by atoms with Gasteiger partial charge in [-0.3, -0.25) is 4.79 Å². The van der Waals surface area contributed by atoms with Gasteiger partial charge in [-0.15, -0.1) is 0 Å². The van der Waals surface area contributed by atoms with Gasteiger partial charge in [0.15, 0.2) is 6.61 Å². The summed E-state index contributed by atoms with van der Waals surface area (Å²) in [5.74, 6) is -6.35. The average molecular weight is 392 g/mol. The quantitative estimate of drug-likeness (QED) is 0.732. The number of rotatable bonds is 7. The highest BCUT2D eigenvalue weighted by Crippen LogP contribution is 2.35. The van der Waals surface area contributed by atoms with E-state index < -0.39 is 36.3 Å². The first kappa shape index (κ1) is 20.5. The molecule has 0 radical (unpaired) electrons. The third kappa shape index (κ3) is 6.15. The van der Waals surface area contributed by atoms with E-state index in [0.29, 0.717) is 11.1 Å². The van der Waals surface area contributed by atoms with Gasteiger partial charge in [0.2, 0.25) is 11.8 Å². The molecule has 0 fully saturated rings. The molecule has 2 rings (SSSR count). The van der Waals surface area contributed by atoms with Gasteiger partial charge >= 0.3 is 12.1 Å². The lowest BCUT2D eigenvalue weighted by molar-refractivity contribution is -0.290. The molecule has 0 spiro atoms. The van der Waals surface area contributed by atoms with Crippen LogP contribution in [-0.2, 0) is 17.8 Å². The summed E-state index contributed by atoms with van der Waals surface area (Å²) in [6, 6.07) is 8.04. The lowest BCUT2D eigenvalue weighted by Gasteiger charge is -2.19. The van der Waals surface area contributed by atoms with Crippen LogP contribution < -0.4 is 10.1 Å². The highest BCUT2D eigenvalue weighted by molar-refractivity contribution is 5.78. The lowest BCUT2D eigenvalue weighted by atomic mass is 10.1. The number of hydrogen-bond donors (Lipinski definition) is 1. The summed E-state index contributed by atoms with van der Waals surface area (Å²) in [5, 5.41) is 2.52. The predicted molar refractivity (Wildman–Crippen MR) is 82.7 cm³/mol. The van der Waals surface area contributed by atoms with Crippen LogP contribution in [-0.4, -0.2) is 29.6 Å². The molecule has 10 heteroatoms. The predicted octanol–water partition coefficient (Wildman–Crippen LogP) is 3.66. The third-order valence-corrected chi connectivity index (χ3v) is 3.36. The van der Waals surface area contributed by atoms with Gasteiger partial charge in [-0.1, -0.05) is 12.1 Å². The molecule has 0 aliphatic carbocycles. The van der Waals surface area contributed by atoms with E-state index in [0.717, 1.165) is 12.3 Å². The molecule has 2 aromatic rings. The van der Waals surface area contributed by atoms with Crippen molar-refractivity contribution in [2.45, 2.75) is 25.1 Å². The second kappa shape index (κ2) is 8.28. The lowest BCUT2D eigenvalue weighted by Crippen LogP contribution is -2.41. The number of aromatic nitrogens is 1. The number of nitrogens with one attached hydrogen (secondary N) is 1. The van der Waals surface area contributed by atoms with Gasteiger partial charge in [0, 0.05) is 18.8 Å². The van der Waals surface area contributed by atoms with Crippen LogP contribution in [0.1, 0.15) is 11.1 Å². The minimum atomic E-state index is -5.73. The van der Waals surface area contributed by atoms with E-state index in [2.05, 4.69) is 15.0 Å². The first-order valence-electron chi connectivity index (χ1n) is 7.60. The fourth-order valence-electron chi connectivity index (χ4n) is 1.98. The van der Waals surface area contributed by atoms with E-state index in [4.69, 9.17) is 0 Å². The summed E-state index contributed by atoms with van der Waals surface area (Å²) in [7, 11) is 0. The highest BCUT2D eigenvalue weighted by Gasteiger charge is 2.58. The molecule has 0 unspecified atom stereocenters. The molecule has 1 amide bonds. The van der Waals surface area contributed by atoms with Crippen LogP contribution in [0, 0.1) is 5.82 Å². The highest BCUT2D eigenvalue weighted by atomic mass is 19.4. The van der Waals surface area contributed by atoms with Crippen LogP contribution >= 0.6 is 0 Å². The van der Waals surface area contributed by atoms with Gasteiger partial charge in [-0.05, 0) is 29.3 Å².